The first-order chi connectivity index (χ1) is 9.11. The Morgan fingerprint density at radius 1 is 1.15 bits per heavy atom. The highest BCUT2D eigenvalue weighted by Gasteiger charge is 2.16. The molecule has 20 heavy (non-hydrogen) atoms. The van der Waals surface area contributed by atoms with Crippen molar-refractivity contribution in [3.05, 3.63) is 15.6 Å². The maximum atomic E-state index is 4.86. The lowest BCUT2D eigenvalue weighted by Gasteiger charge is -2.20. The van der Waals surface area contributed by atoms with Gasteiger partial charge >= 0.3 is 0 Å². The molecule has 0 aliphatic carbocycles. The molecule has 0 saturated heterocycles. The largest absolute Gasteiger partial charge is 0.307 e. The Kier molecular flexibility index (Phi) is 6.55. The number of thioether (sulfide) groups is 1. The smallest absolute Gasteiger partial charge is 0.103 e. The van der Waals surface area contributed by atoms with E-state index in [0.29, 0.717) is 4.75 Å². The van der Waals surface area contributed by atoms with E-state index in [1.54, 1.807) is 0 Å². The summed E-state index contributed by atoms with van der Waals surface area (Å²) in [5.74, 6) is 1.03. The molecule has 116 valence electrons. The Labute approximate surface area is 133 Å². The summed E-state index contributed by atoms with van der Waals surface area (Å²) < 4.78 is 0.306. The van der Waals surface area contributed by atoms with Gasteiger partial charge < -0.3 is 5.32 Å². The Morgan fingerprint density at radius 3 is 2.30 bits per heavy atom. The molecule has 0 amide bonds. The van der Waals surface area contributed by atoms with Crippen LogP contribution in [0.1, 0.15) is 70.5 Å². The quantitative estimate of drug-likeness (QED) is 0.798. The zero-order chi connectivity index (χ0) is 15.4. The maximum absolute atomic E-state index is 4.86. The molecule has 1 aromatic rings. The minimum Gasteiger partial charge on any atom is -0.307 e. The standard InChI is InChI=1S/C16H30N2S2/c1-8-9-12-13(10-17-15(2,3)4)20-14(18-12)11-19-16(5,6)7/h17H,8-11H2,1-7H3. The van der Waals surface area contributed by atoms with Crippen LogP contribution in [0, 0.1) is 0 Å². The zero-order valence-electron chi connectivity index (χ0n) is 14.1. The van der Waals surface area contributed by atoms with Crippen LogP contribution in [-0.2, 0) is 18.7 Å². The molecule has 0 atom stereocenters. The lowest BCUT2D eigenvalue weighted by molar-refractivity contribution is 0.425. The molecule has 0 radical (unpaired) electrons. The fraction of sp³-hybridized carbons (Fsp3) is 0.812. The number of nitrogens with one attached hydrogen (secondary N) is 1. The molecule has 1 aromatic heterocycles. The van der Waals surface area contributed by atoms with E-state index in [1.165, 1.54) is 15.6 Å². The van der Waals surface area contributed by atoms with E-state index in [9.17, 15) is 0 Å². The van der Waals surface area contributed by atoms with Gasteiger partial charge in [-0.3, -0.25) is 0 Å². The number of hydrogen-bond acceptors (Lipinski definition) is 4. The van der Waals surface area contributed by atoms with Crippen molar-refractivity contribution in [3.63, 3.8) is 0 Å². The second kappa shape index (κ2) is 7.28. The van der Waals surface area contributed by atoms with Gasteiger partial charge in [0, 0.05) is 27.5 Å². The topological polar surface area (TPSA) is 24.9 Å². The molecule has 0 unspecified atom stereocenters. The molecular weight excluding hydrogens is 284 g/mol. The van der Waals surface area contributed by atoms with Crippen molar-refractivity contribution in [1.82, 2.24) is 10.3 Å². The molecule has 0 saturated carbocycles. The summed E-state index contributed by atoms with van der Waals surface area (Å²) in [7, 11) is 0. The summed E-state index contributed by atoms with van der Waals surface area (Å²) in [5.41, 5.74) is 1.46. The molecule has 4 heteroatoms. The maximum Gasteiger partial charge on any atom is 0.103 e. The number of nitrogens with zero attached hydrogens (tertiary/aromatic N) is 1. The van der Waals surface area contributed by atoms with Gasteiger partial charge in [0.05, 0.1) is 5.69 Å². The van der Waals surface area contributed by atoms with Crippen molar-refractivity contribution >= 4 is 23.1 Å². The molecular formula is C16H30N2S2. The normalized spacial score (nSPS) is 12.9. The van der Waals surface area contributed by atoms with Crippen LogP contribution < -0.4 is 5.32 Å². The predicted molar refractivity (Wildman–Crippen MR) is 93.7 cm³/mol. The van der Waals surface area contributed by atoms with Crippen LogP contribution in [0.25, 0.3) is 0 Å². The Balaban J connectivity index is 2.74. The Bertz CT molecular complexity index is 411. The summed E-state index contributed by atoms with van der Waals surface area (Å²) in [4.78, 5) is 6.28. The number of hydrogen-bond donors (Lipinski definition) is 1. The Morgan fingerprint density at radius 2 is 1.80 bits per heavy atom. The van der Waals surface area contributed by atoms with Gasteiger partial charge in [0.1, 0.15) is 5.01 Å². The van der Waals surface area contributed by atoms with Gasteiger partial charge in [-0.05, 0) is 27.2 Å². The molecule has 0 aromatic carbocycles. The number of rotatable bonds is 6. The van der Waals surface area contributed by atoms with Crippen molar-refractivity contribution in [1.29, 1.82) is 0 Å². The predicted octanol–water partition coefficient (Wildman–Crippen LogP) is 5.02. The van der Waals surface area contributed by atoms with Gasteiger partial charge in [0.2, 0.25) is 0 Å². The molecule has 0 aliphatic rings. The van der Waals surface area contributed by atoms with Crippen molar-refractivity contribution in [2.24, 2.45) is 0 Å². The molecule has 0 aliphatic heterocycles. The lowest BCUT2D eigenvalue weighted by atomic mass is 10.1. The van der Waals surface area contributed by atoms with Crippen LogP contribution in [0.3, 0.4) is 0 Å². The number of aromatic nitrogens is 1. The van der Waals surface area contributed by atoms with Crippen molar-refractivity contribution in [3.8, 4) is 0 Å². The fourth-order valence-electron chi connectivity index (χ4n) is 1.69. The average molecular weight is 315 g/mol. The second-order valence-corrected chi connectivity index (χ2v) is 10.2. The number of thiazole rings is 1. The van der Waals surface area contributed by atoms with Gasteiger partial charge in [-0.15, -0.1) is 23.1 Å². The molecule has 2 nitrogen and oxygen atoms in total. The monoisotopic (exact) mass is 314 g/mol. The zero-order valence-corrected chi connectivity index (χ0v) is 15.7. The van der Waals surface area contributed by atoms with Crippen LogP contribution in [0.5, 0.6) is 0 Å². The van der Waals surface area contributed by atoms with Crippen LogP contribution in [-0.4, -0.2) is 15.3 Å². The van der Waals surface area contributed by atoms with Gasteiger partial charge in [0.15, 0.2) is 0 Å². The first kappa shape index (κ1) is 18.0. The highest BCUT2D eigenvalue weighted by Crippen LogP contribution is 2.30. The molecule has 0 bridgehead atoms. The SMILES string of the molecule is CCCc1nc(CSC(C)(C)C)sc1CNC(C)(C)C. The third-order valence-electron chi connectivity index (χ3n) is 2.72. The van der Waals surface area contributed by atoms with E-state index >= 15 is 0 Å². The molecule has 1 heterocycles. The molecule has 0 spiro atoms. The molecule has 1 rings (SSSR count). The van der Waals surface area contributed by atoms with Crippen LogP contribution in [0.4, 0.5) is 0 Å². The fourth-order valence-corrected chi connectivity index (χ4v) is 3.58. The summed E-state index contributed by atoms with van der Waals surface area (Å²) >= 11 is 3.86. The van der Waals surface area contributed by atoms with Gasteiger partial charge in [-0.2, -0.15) is 0 Å². The van der Waals surface area contributed by atoms with Crippen molar-refractivity contribution < 1.29 is 0 Å². The van der Waals surface area contributed by atoms with Crippen LogP contribution in [0.2, 0.25) is 0 Å². The van der Waals surface area contributed by atoms with E-state index in [0.717, 1.165) is 25.1 Å². The summed E-state index contributed by atoms with van der Waals surface area (Å²) in [6, 6.07) is 0. The highest BCUT2D eigenvalue weighted by atomic mass is 32.2. The minimum absolute atomic E-state index is 0.161. The van der Waals surface area contributed by atoms with E-state index in [2.05, 4.69) is 53.8 Å². The molecule has 0 fully saturated rings. The lowest BCUT2D eigenvalue weighted by Crippen LogP contribution is -2.35. The summed E-state index contributed by atoms with van der Waals surface area (Å²) in [6.07, 6.45) is 2.26. The van der Waals surface area contributed by atoms with Crippen LogP contribution >= 0.6 is 23.1 Å². The average Bonchev–Trinajstić information content (AvgIpc) is 2.65. The first-order valence-electron chi connectivity index (χ1n) is 7.47. The van der Waals surface area contributed by atoms with E-state index in [-0.39, 0.29) is 5.54 Å². The van der Waals surface area contributed by atoms with E-state index < -0.39 is 0 Å². The summed E-state index contributed by atoms with van der Waals surface area (Å²) in [6.45, 7) is 16.6. The van der Waals surface area contributed by atoms with E-state index in [4.69, 9.17) is 4.98 Å². The second-order valence-electron chi connectivity index (χ2n) is 7.23. The van der Waals surface area contributed by atoms with Crippen molar-refractivity contribution in [2.75, 3.05) is 0 Å². The number of aryl methyl sites for hydroxylation is 1. The van der Waals surface area contributed by atoms with Gasteiger partial charge in [-0.1, -0.05) is 34.1 Å². The van der Waals surface area contributed by atoms with Gasteiger partial charge in [0.25, 0.3) is 0 Å². The van der Waals surface area contributed by atoms with Crippen molar-refractivity contribution in [2.45, 2.75) is 83.9 Å². The van der Waals surface area contributed by atoms with E-state index in [1.807, 2.05) is 23.1 Å². The minimum atomic E-state index is 0.161. The third kappa shape index (κ3) is 7.09. The highest BCUT2D eigenvalue weighted by molar-refractivity contribution is 7.99. The first-order valence-corrected chi connectivity index (χ1v) is 9.27. The van der Waals surface area contributed by atoms with Gasteiger partial charge in [-0.25, -0.2) is 4.98 Å². The van der Waals surface area contributed by atoms with Crippen LogP contribution in [0.15, 0.2) is 0 Å². The Hall–Kier alpha value is -0.0600. The molecule has 1 N–H and O–H groups in total. The third-order valence-corrected chi connectivity index (χ3v) is 5.28. The summed E-state index contributed by atoms with van der Waals surface area (Å²) in [5, 5.41) is 4.86.